The van der Waals surface area contributed by atoms with E-state index >= 15 is 0 Å². The number of rotatable bonds is 5. The maximum absolute atomic E-state index is 13.3. The zero-order chi connectivity index (χ0) is 16.1. The Hall–Kier alpha value is -1.00. The first kappa shape index (κ1) is 16.8. The monoisotopic (exact) mass is 322 g/mol. The number of hydrogen-bond acceptors (Lipinski definition) is 2. The second kappa shape index (κ2) is 8.20. The van der Waals surface area contributed by atoms with Crippen molar-refractivity contribution in [3.8, 4) is 0 Å². The molecule has 1 saturated heterocycles. The van der Waals surface area contributed by atoms with Gasteiger partial charge in [-0.1, -0.05) is 25.3 Å². The predicted octanol–water partition coefficient (Wildman–Crippen LogP) is 4.10. The third-order valence-corrected chi connectivity index (χ3v) is 5.32. The van der Waals surface area contributed by atoms with Gasteiger partial charge in [0.05, 0.1) is 0 Å². The molecule has 1 N–H and O–H groups in total. The molecule has 23 heavy (non-hydrogen) atoms. The first-order valence-corrected chi connectivity index (χ1v) is 9.10. The van der Waals surface area contributed by atoms with Gasteiger partial charge < -0.3 is 5.32 Å². The highest BCUT2D eigenvalue weighted by atomic mass is 19.2. The van der Waals surface area contributed by atoms with Crippen molar-refractivity contribution in [2.45, 2.75) is 57.5 Å². The van der Waals surface area contributed by atoms with Crippen molar-refractivity contribution < 1.29 is 8.78 Å². The Labute approximate surface area is 138 Å². The van der Waals surface area contributed by atoms with Crippen LogP contribution < -0.4 is 5.32 Å². The molecular weight excluding hydrogens is 294 g/mol. The Morgan fingerprint density at radius 3 is 2.61 bits per heavy atom. The average molecular weight is 322 g/mol. The minimum Gasteiger partial charge on any atom is -0.312 e. The molecule has 0 radical (unpaired) electrons. The van der Waals surface area contributed by atoms with Crippen molar-refractivity contribution >= 4 is 0 Å². The minimum absolute atomic E-state index is 0.538. The molecule has 0 spiro atoms. The van der Waals surface area contributed by atoms with Crippen molar-refractivity contribution in [1.29, 1.82) is 0 Å². The largest absolute Gasteiger partial charge is 0.312 e. The van der Waals surface area contributed by atoms with Crippen LogP contribution in [0.4, 0.5) is 8.78 Å². The molecule has 128 valence electrons. The number of halogens is 2. The molecule has 0 aromatic heterocycles. The van der Waals surface area contributed by atoms with Gasteiger partial charge in [-0.2, -0.15) is 0 Å². The lowest BCUT2D eigenvalue weighted by atomic mass is 9.89. The summed E-state index contributed by atoms with van der Waals surface area (Å²) < 4.78 is 26.3. The van der Waals surface area contributed by atoms with E-state index in [-0.39, 0.29) is 0 Å². The molecule has 1 unspecified atom stereocenters. The molecule has 1 atom stereocenters. The molecular formula is C19H28F2N2. The fraction of sp³-hybridized carbons (Fsp3) is 0.684. The van der Waals surface area contributed by atoms with Crippen molar-refractivity contribution in [2.24, 2.45) is 5.92 Å². The summed E-state index contributed by atoms with van der Waals surface area (Å²) >= 11 is 0. The molecule has 0 bridgehead atoms. The van der Waals surface area contributed by atoms with Gasteiger partial charge in [-0.25, -0.2) is 8.78 Å². The standard InChI is InChI=1S/C19H28F2N2/c20-18-9-8-16(11-19(18)21)13-23-10-4-7-17(14-23)22-12-15-5-2-1-3-6-15/h8-9,11,15,17,22H,1-7,10,12-14H2. The Balaban J connectivity index is 1.46. The lowest BCUT2D eigenvalue weighted by Crippen LogP contribution is -2.46. The van der Waals surface area contributed by atoms with Gasteiger partial charge >= 0.3 is 0 Å². The van der Waals surface area contributed by atoms with Crippen LogP contribution in [0.1, 0.15) is 50.5 Å². The second-order valence-electron chi connectivity index (χ2n) is 7.24. The maximum atomic E-state index is 13.3. The van der Waals surface area contributed by atoms with Crippen LogP contribution in [0.5, 0.6) is 0 Å². The fourth-order valence-electron chi connectivity index (χ4n) is 3.99. The SMILES string of the molecule is Fc1ccc(CN2CCCC(NCC3CCCCC3)C2)cc1F. The zero-order valence-corrected chi connectivity index (χ0v) is 13.9. The molecule has 4 heteroatoms. The molecule has 3 rings (SSSR count). The quantitative estimate of drug-likeness (QED) is 0.878. The molecule has 1 aliphatic heterocycles. The first-order valence-electron chi connectivity index (χ1n) is 9.10. The van der Waals surface area contributed by atoms with E-state index in [1.807, 2.05) is 0 Å². The molecule has 2 fully saturated rings. The van der Waals surface area contributed by atoms with Crippen LogP contribution in [-0.4, -0.2) is 30.6 Å². The van der Waals surface area contributed by atoms with Gasteiger partial charge in [0.25, 0.3) is 0 Å². The summed E-state index contributed by atoms with van der Waals surface area (Å²) in [4.78, 5) is 2.36. The smallest absolute Gasteiger partial charge is 0.159 e. The molecule has 2 aliphatic rings. The van der Waals surface area contributed by atoms with E-state index in [0.29, 0.717) is 12.6 Å². The van der Waals surface area contributed by atoms with Crippen LogP contribution in [0.2, 0.25) is 0 Å². The lowest BCUT2D eigenvalue weighted by molar-refractivity contribution is 0.177. The number of nitrogens with zero attached hydrogens (tertiary/aromatic N) is 1. The van der Waals surface area contributed by atoms with Crippen LogP contribution >= 0.6 is 0 Å². The second-order valence-corrected chi connectivity index (χ2v) is 7.24. The van der Waals surface area contributed by atoms with Crippen molar-refractivity contribution in [1.82, 2.24) is 10.2 Å². The molecule has 1 heterocycles. The molecule has 1 saturated carbocycles. The number of benzene rings is 1. The summed E-state index contributed by atoms with van der Waals surface area (Å²) in [6.07, 6.45) is 9.32. The van der Waals surface area contributed by atoms with Crippen LogP contribution in [0.15, 0.2) is 18.2 Å². The Morgan fingerprint density at radius 2 is 1.83 bits per heavy atom. The zero-order valence-electron chi connectivity index (χ0n) is 13.9. The highest BCUT2D eigenvalue weighted by molar-refractivity contribution is 5.17. The summed E-state index contributed by atoms with van der Waals surface area (Å²) in [5, 5.41) is 3.75. The number of nitrogens with one attached hydrogen (secondary N) is 1. The van der Waals surface area contributed by atoms with Crippen molar-refractivity contribution in [3.63, 3.8) is 0 Å². The summed E-state index contributed by atoms with van der Waals surface area (Å²) in [6, 6.07) is 4.79. The van der Waals surface area contributed by atoms with Crippen LogP contribution in [0, 0.1) is 17.6 Å². The van der Waals surface area contributed by atoms with Gasteiger partial charge in [0.1, 0.15) is 0 Å². The van der Waals surface area contributed by atoms with Crippen molar-refractivity contribution in [3.05, 3.63) is 35.4 Å². The highest BCUT2D eigenvalue weighted by Gasteiger charge is 2.21. The topological polar surface area (TPSA) is 15.3 Å². The van der Waals surface area contributed by atoms with Crippen LogP contribution in [0.3, 0.4) is 0 Å². The average Bonchev–Trinajstić information content (AvgIpc) is 2.58. The van der Waals surface area contributed by atoms with Gasteiger partial charge in [-0.15, -0.1) is 0 Å². The Kier molecular flexibility index (Phi) is 6.01. The molecule has 1 aliphatic carbocycles. The minimum atomic E-state index is -0.764. The molecule has 1 aromatic carbocycles. The highest BCUT2D eigenvalue weighted by Crippen LogP contribution is 2.23. The number of likely N-dealkylation sites (tertiary alicyclic amines) is 1. The van der Waals surface area contributed by atoms with E-state index in [1.165, 1.54) is 57.1 Å². The molecule has 0 amide bonds. The van der Waals surface area contributed by atoms with Gasteiger partial charge in [-0.3, -0.25) is 4.90 Å². The van der Waals surface area contributed by atoms with Gasteiger partial charge in [-0.05, 0) is 62.4 Å². The summed E-state index contributed by atoms with van der Waals surface area (Å²) in [5.74, 6) is -0.656. The van der Waals surface area contributed by atoms with E-state index in [4.69, 9.17) is 0 Å². The van der Waals surface area contributed by atoms with E-state index < -0.39 is 11.6 Å². The maximum Gasteiger partial charge on any atom is 0.159 e. The van der Waals surface area contributed by atoms with E-state index in [2.05, 4.69) is 10.2 Å². The van der Waals surface area contributed by atoms with Crippen LogP contribution in [-0.2, 0) is 6.54 Å². The third kappa shape index (κ3) is 4.98. The summed E-state index contributed by atoms with van der Waals surface area (Å²) in [5.41, 5.74) is 0.858. The Bertz CT molecular complexity index is 500. The number of hydrogen-bond donors (Lipinski definition) is 1. The lowest BCUT2D eigenvalue weighted by Gasteiger charge is -2.34. The van der Waals surface area contributed by atoms with Crippen molar-refractivity contribution in [2.75, 3.05) is 19.6 Å². The predicted molar refractivity (Wildman–Crippen MR) is 89.2 cm³/mol. The van der Waals surface area contributed by atoms with Gasteiger partial charge in [0.2, 0.25) is 0 Å². The number of piperidine rings is 1. The third-order valence-electron chi connectivity index (χ3n) is 5.32. The van der Waals surface area contributed by atoms with E-state index in [1.54, 1.807) is 6.07 Å². The summed E-state index contributed by atoms with van der Waals surface area (Å²) in [6.45, 7) is 3.90. The fourth-order valence-corrected chi connectivity index (χ4v) is 3.99. The van der Waals surface area contributed by atoms with Gasteiger partial charge in [0, 0.05) is 19.1 Å². The first-order chi connectivity index (χ1) is 11.2. The normalized spacial score (nSPS) is 24.0. The molecule has 1 aromatic rings. The Morgan fingerprint density at radius 1 is 1.00 bits per heavy atom. The van der Waals surface area contributed by atoms with Gasteiger partial charge in [0.15, 0.2) is 11.6 Å². The molecule has 2 nitrogen and oxygen atoms in total. The van der Waals surface area contributed by atoms with E-state index in [9.17, 15) is 8.78 Å². The van der Waals surface area contributed by atoms with Crippen LogP contribution in [0.25, 0.3) is 0 Å². The summed E-state index contributed by atoms with van der Waals surface area (Å²) in [7, 11) is 0. The van der Waals surface area contributed by atoms with E-state index in [0.717, 1.165) is 31.1 Å².